The molecular formula is C35H50ClN3O10S. The molecule has 3 aliphatic rings. The molecule has 4 bridgehead atoms. The molecule has 0 radical (unpaired) electrons. The minimum absolute atomic E-state index is 0.0313. The Balaban J connectivity index is 1.77. The first kappa shape index (κ1) is 39.8. The number of hydrogen-bond donors (Lipinski definition) is 4. The van der Waals surface area contributed by atoms with Crippen LogP contribution in [0.2, 0.25) is 5.02 Å². The summed E-state index contributed by atoms with van der Waals surface area (Å²) in [7, 11) is 6.13. The van der Waals surface area contributed by atoms with E-state index in [2.05, 4.69) is 17.9 Å². The first-order chi connectivity index (χ1) is 23.5. The van der Waals surface area contributed by atoms with Crippen LogP contribution in [0.3, 0.4) is 0 Å². The van der Waals surface area contributed by atoms with E-state index < -0.39 is 66.0 Å². The van der Waals surface area contributed by atoms with Crippen molar-refractivity contribution >= 4 is 47.9 Å². The molecule has 0 saturated carbocycles. The van der Waals surface area contributed by atoms with Gasteiger partial charge in [-0.2, -0.15) is 12.6 Å². The number of alkyl carbamates (subject to hydrolysis) is 1. The van der Waals surface area contributed by atoms with Crippen molar-refractivity contribution in [2.45, 2.75) is 101 Å². The van der Waals surface area contributed by atoms with Crippen LogP contribution in [0.15, 0.2) is 35.9 Å². The quantitative estimate of drug-likeness (QED) is 0.184. The van der Waals surface area contributed by atoms with Crippen LogP contribution in [0.4, 0.5) is 10.5 Å². The maximum atomic E-state index is 13.6. The summed E-state index contributed by atoms with van der Waals surface area (Å²) in [4.78, 5) is 41.8. The lowest BCUT2D eigenvalue weighted by Gasteiger charge is -2.42. The van der Waals surface area contributed by atoms with E-state index >= 15 is 0 Å². The number of amides is 2. The molecule has 1 aromatic rings. The lowest BCUT2D eigenvalue weighted by molar-refractivity contribution is -0.162. The number of fused-ring (bicyclic) bond motifs is 5. The zero-order valence-electron chi connectivity index (χ0n) is 29.8. The summed E-state index contributed by atoms with van der Waals surface area (Å²) in [6.45, 7) is 7.07. The Hall–Kier alpha value is -3.01. The number of nitrogens with zero attached hydrogens (tertiary/aromatic N) is 2. The highest BCUT2D eigenvalue weighted by Gasteiger charge is 2.64. The Morgan fingerprint density at radius 3 is 2.64 bits per heavy atom. The number of anilines is 1. The summed E-state index contributed by atoms with van der Waals surface area (Å²) in [5.74, 6) is -0.730. The van der Waals surface area contributed by atoms with Crippen LogP contribution in [0.25, 0.3) is 0 Å². The number of carbonyl (C=O) groups excluding carboxylic acids is 3. The summed E-state index contributed by atoms with van der Waals surface area (Å²) < 4.78 is 29.2. The fraction of sp³-hybridized carbons (Fsp3) is 0.629. The Bertz CT molecular complexity index is 1490. The third-order valence-corrected chi connectivity index (χ3v) is 10.6. The second-order valence-corrected chi connectivity index (χ2v) is 14.4. The van der Waals surface area contributed by atoms with Gasteiger partial charge >= 0.3 is 12.1 Å². The van der Waals surface area contributed by atoms with Crippen molar-refractivity contribution in [1.29, 1.82) is 0 Å². The number of aliphatic hydroxyl groups excluding tert-OH is 1. The van der Waals surface area contributed by atoms with Gasteiger partial charge in [0.15, 0.2) is 5.72 Å². The van der Waals surface area contributed by atoms with Crippen LogP contribution >= 0.6 is 24.2 Å². The molecular weight excluding hydrogens is 690 g/mol. The van der Waals surface area contributed by atoms with Crippen molar-refractivity contribution in [3.05, 3.63) is 46.5 Å². The second-order valence-electron chi connectivity index (χ2n) is 13.5. The maximum Gasteiger partial charge on any atom is 0.409 e. The highest BCUT2D eigenvalue weighted by molar-refractivity contribution is 7.80. The lowest BCUT2D eigenvalue weighted by atomic mass is 9.83. The number of epoxide rings is 1. The number of carbonyl (C=O) groups is 3. The summed E-state index contributed by atoms with van der Waals surface area (Å²) in [6, 6.07) is 2.72. The fourth-order valence-corrected chi connectivity index (χ4v) is 7.13. The number of benzene rings is 1. The summed E-state index contributed by atoms with van der Waals surface area (Å²) in [5, 5.41) is 26.2. The average Bonchev–Trinajstić information content (AvgIpc) is 3.76. The standard InChI is InChI=1S/C35H50ClN3O10S/c1-19-10-9-11-26(46-8)35(44)18-25(47-33(43)37-35)20(2)31-34(4,49-31)27(48-32(42)21(3)38(5)28(40)12-13-50)17-29(41)39(6)23-15-22(14-19)16-24(45-7)30(23)36/h9-11,15-16,20-21,25-27,29,31,41,44,50H,12-14,17-18H2,1-8H3,(H,37,43)/b11-9+,19-10+/t20-,21+,25+,26-,27+,29?,31+,34-,35+/m1/s1. The third-order valence-electron chi connectivity index (χ3n) is 10.0. The van der Waals surface area contributed by atoms with Gasteiger partial charge in [-0.05, 0) is 50.6 Å². The molecule has 0 aromatic heterocycles. The number of ether oxygens (including phenoxy) is 5. The van der Waals surface area contributed by atoms with Crippen molar-refractivity contribution in [1.82, 2.24) is 10.2 Å². The first-order valence-corrected chi connectivity index (χ1v) is 17.6. The molecule has 2 saturated heterocycles. The van der Waals surface area contributed by atoms with E-state index in [4.69, 9.17) is 35.3 Å². The molecule has 2 fully saturated rings. The van der Waals surface area contributed by atoms with Gasteiger partial charge in [0, 0.05) is 46.4 Å². The molecule has 1 unspecified atom stereocenters. The van der Waals surface area contributed by atoms with Crippen LogP contribution in [0.5, 0.6) is 5.75 Å². The van der Waals surface area contributed by atoms with Gasteiger partial charge in [0.2, 0.25) is 5.91 Å². The fourth-order valence-electron chi connectivity index (χ4n) is 6.62. The summed E-state index contributed by atoms with van der Waals surface area (Å²) in [6.07, 6.45) is 0.342. The highest BCUT2D eigenvalue weighted by atomic mass is 35.5. The zero-order valence-corrected chi connectivity index (χ0v) is 31.5. The van der Waals surface area contributed by atoms with Crippen LogP contribution in [-0.4, -0.2) is 115 Å². The van der Waals surface area contributed by atoms with Crippen LogP contribution in [0, 0.1) is 5.92 Å². The van der Waals surface area contributed by atoms with Crippen molar-refractivity contribution in [3.63, 3.8) is 0 Å². The smallest absolute Gasteiger partial charge is 0.409 e. The van der Waals surface area contributed by atoms with E-state index in [1.807, 2.05) is 32.1 Å². The minimum atomic E-state index is -1.81. The molecule has 2 amide bonds. The molecule has 4 rings (SSSR count). The number of hydrogen-bond acceptors (Lipinski definition) is 12. The van der Waals surface area contributed by atoms with E-state index in [0.29, 0.717) is 23.6 Å². The molecule has 9 atom stereocenters. The number of halogens is 1. The maximum absolute atomic E-state index is 13.6. The van der Waals surface area contributed by atoms with Gasteiger partial charge in [0.25, 0.3) is 0 Å². The van der Waals surface area contributed by atoms with Crippen LogP contribution in [0.1, 0.15) is 52.5 Å². The largest absolute Gasteiger partial charge is 0.495 e. The van der Waals surface area contributed by atoms with Gasteiger partial charge < -0.3 is 43.7 Å². The van der Waals surface area contributed by atoms with Crippen molar-refractivity contribution in [3.8, 4) is 5.75 Å². The van der Waals surface area contributed by atoms with E-state index in [1.54, 1.807) is 37.9 Å². The molecule has 3 aliphatic heterocycles. The van der Waals surface area contributed by atoms with Gasteiger partial charge in [-0.15, -0.1) is 0 Å². The summed E-state index contributed by atoms with van der Waals surface area (Å²) in [5.41, 5.74) is -0.665. The monoisotopic (exact) mass is 739 g/mol. The Labute approximate surface area is 304 Å². The number of thiol groups is 1. The number of rotatable bonds is 7. The van der Waals surface area contributed by atoms with Gasteiger partial charge in [-0.25, -0.2) is 9.59 Å². The van der Waals surface area contributed by atoms with Crippen molar-refractivity contribution in [2.75, 3.05) is 39.0 Å². The van der Waals surface area contributed by atoms with Gasteiger partial charge in [0.05, 0.1) is 18.9 Å². The molecule has 3 N–H and O–H groups in total. The van der Waals surface area contributed by atoms with Gasteiger partial charge in [0.1, 0.15) is 47.0 Å². The molecule has 50 heavy (non-hydrogen) atoms. The topological polar surface area (TPSA) is 160 Å². The Morgan fingerprint density at radius 2 is 2.00 bits per heavy atom. The zero-order chi connectivity index (χ0) is 37.1. The number of methoxy groups -OCH3 is 2. The lowest BCUT2D eigenvalue weighted by Crippen LogP contribution is -2.63. The molecule has 0 spiro atoms. The number of allylic oxidation sites excluding steroid dienone is 3. The van der Waals surface area contributed by atoms with Crippen LogP contribution < -0.4 is 15.0 Å². The third kappa shape index (κ3) is 8.54. The van der Waals surface area contributed by atoms with Gasteiger partial charge in [-0.1, -0.05) is 42.3 Å². The van der Waals surface area contributed by atoms with Crippen LogP contribution in [-0.2, 0) is 35.0 Å². The first-order valence-electron chi connectivity index (χ1n) is 16.6. The number of likely N-dealkylation sites (N-methyl/N-ethyl adjacent to an activating group) is 1. The van der Waals surface area contributed by atoms with Gasteiger partial charge in [-0.3, -0.25) is 10.1 Å². The number of nitrogens with one attached hydrogen (secondary N) is 1. The Morgan fingerprint density at radius 1 is 1.30 bits per heavy atom. The van der Waals surface area contributed by atoms with E-state index in [1.165, 1.54) is 26.2 Å². The predicted molar refractivity (Wildman–Crippen MR) is 190 cm³/mol. The molecule has 278 valence electrons. The molecule has 13 nitrogen and oxygen atoms in total. The van der Waals surface area contributed by atoms with Crippen molar-refractivity contribution in [2.24, 2.45) is 5.92 Å². The average molecular weight is 740 g/mol. The second kappa shape index (κ2) is 16.1. The normalized spacial score (nSPS) is 33.8. The van der Waals surface area contributed by atoms with E-state index in [-0.39, 0.29) is 30.2 Å². The predicted octanol–water partition coefficient (Wildman–Crippen LogP) is 3.63. The van der Waals surface area contributed by atoms with E-state index in [0.717, 1.165) is 11.1 Å². The summed E-state index contributed by atoms with van der Waals surface area (Å²) >= 11 is 10.9. The number of esters is 1. The molecule has 15 heteroatoms. The van der Waals surface area contributed by atoms with Crippen molar-refractivity contribution < 1.29 is 48.3 Å². The van der Waals surface area contributed by atoms with E-state index in [9.17, 15) is 24.6 Å². The highest BCUT2D eigenvalue weighted by Crippen LogP contribution is 2.49. The Kier molecular flexibility index (Phi) is 12.8. The molecule has 3 heterocycles. The molecule has 1 aromatic carbocycles. The number of aliphatic hydroxyl groups is 2. The molecule has 0 aliphatic carbocycles. The minimum Gasteiger partial charge on any atom is -0.495 e. The SMILES string of the molecule is COc1cc2cc(c1Cl)N(C)C(O)C[C@H](OC(=O)[C@H](C)N(C)C(=O)CCS)[C@@]1(C)O[C@H]1[C@H](C)[C@@H]1C[C@@](O)(NC(=O)O1)[C@H](OC)/C=C/C=C(\C)C2.